The molecule has 0 aliphatic heterocycles. The van der Waals surface area contributed by atoms with Crippen molar-refractivity contribution in [3.8, 4) is 6.07 Å². The Labute approximate surface area is 139 Å². The number of hydrogen-bond acceptors (Lipinski definition) is 4. The summed E-state index contributed by atoms with van der Waals surface area (Å²) in [5.74, 6) is -0.368. The lowest BCUT2D eigenvalue weighted by molar-refractivity contribution is -0.120. The molecular weight excluding hydrogens is 314 g/mol. The summed E-state index contributed by atoms with van der Waals surface area (Å²) < 4.78 is 0. The van der Waals surface area contributed by atoms with Gasteiger partial charge in [-0.25, -0.2) is 0 Å². The van der Waals surface area contributed by atoms with Gasteiger partial charge in [-0.2, -0.15) is 5.26 Å². The highest BCUT2D eigenvalue weighted by Crippen LogP contribution is 2.20. The zero-order valence-electron chi connectivity index (χ0n) is 12.4. The third-order valence-corrected chi connectivity index (χ3v) is 3.34. The van der Waals surface area contributed by atoms with E-state index in [1.165, 1.54) is 12.1 Å². The number of nitrogens with zero attached hydrogens (tertiary/aromatic N) is 2. The van der Waals surface area contributed by atoms with Gasteiger partial charge in [-0.1, -0.05) is 41.0 Å². The van der Waals surface area contributed by atoms with Gasteiger partial charge in [0.05, 0.1) is 16.8 Å². The van der Waals surface area contributed by atoms with Crippen LogP contribution in [0.1, 0.15) is 16.7 Å². The van der Waals surface area contributed by atoms with Crippen molar-refractivity contribution in [3.63, 3.8) is 0 Å². The third kappa shape index (κ3) is 4.83. The fourth-order valence-electron chi connectivity index (χ4n) is 1.80. The molecular formula is C17H14ClN3O2. The molecule has 116 valence electrons. The van der Waals surface area contributed by atoms with Gasteiger partial charge in [0, 0.05) is 5.69 Å². The molecule has 0 aliphatic carbocycles. The molecule has 0 heterocycles. The summed E-state index contributed by atoms with van der Waals surface area (Å²) in [4.78, 5) is 16.7. The van der Waals surface area contributed by atoms with Gasteiger partial charge in [0.25, 0.3) is 5.91 Å². The van der Waals surface area contributed by atoms with Gasteiger partial charge >= 0.3 is 0 Å². The standard InChI is InChI=1S/C17H14ClN3O2/c1-12-4-2-3-5-14(12)10-20-23-11-17(22)21-15-7-6-13(9-19)16(18)8-15/h2-8,10H,11H2,1H3,(H,21,22)/b20-10-. The molecule has 2 rings (SSSR count). The molecule has 0 spiro atoms. The number of hydrogen-bond donors (Lipinski definition) is 1. The van der Waals surface area contributed by atoms with Crippen LogP contribution in [0.15, 0.2) is 47.6 Å². The van der Waals surface area contributed by atoms with E-state index in [1.54, 1.807) is 12.3 Å². The molecule has 5 nitrogen and oxygen atoms in total. The number of carbonyl (C=O) groups excluding carboxylic acids is 1. The van der Waals surface area contributed by atoms with E-state index >= 15 is 0 Å². The Bertz CT molecular complexity index is 782. The molecule has 6 heteroatoms. The van der Waals surface area contributed by atoms with Crippen LogP contribution in [0.4, 0.5) is 5.69 Å². The molecule has 0 atom stereocenters. The summed E-state index contributed by atoms with van der Waals surface area (Å²) in [6, 6.07) is 14.3. The molecule has 1 N–H and O–H groups in total. The lowest BCUT2D eigenvalue weighted by atomic mass is 10.1. The van der Waals surface area contributed by atoms with E-state index in [0.717, 1.165) is 11.1 Å². The van der Waals surface area contributed by atoms with E-state index in [-0.39, 0.29) is 17.5 Å². The smallest absolute Gasteiger partial charge is 0.265 e. The second kappa shape index (κ2) is 7.97. The minimum atomic E-state index is -0.368. The molecule has 2 aromatic carbocycles. The first-order valence-corrected chi connectivity index (χ1v) is 7.18. The normalized spacial score (nSPS) is 10.3. The second-order valence-electron chi connectivity index (χ2n) is 4.72. The maximum Gasteiger partial charge on any atom is 0.265 e. The SMILES string of the molecule is Cc1ccccc1/C=N\OCC(=O)Nc1ccc(C#N)c(Cl)c1. The molecule has 2 aromatic rings. The van der Waals surface area contributed by atoms with Crippen molar-refractivity contribution in [1.82, 2.24) is 0 Å². The van der Waals surface area contributed by atoms with Crippen LogP contribution in [0.25, 0.3) is 0 Å². The molecule has 23 heavy (non-hydrogen) atoms. The number of anilines is 1. The minimum absolute atomic E-state index is 0.222. The molecule has 0 fully saturated rings. The van der Waals surface area contributed by atoms with Crippen LogP contribution >= 0.6 is 11.6 Å². The lowest BCUT2D eigenvalue weighted by Gasteiger charge is -2.05. The predicted molar refractivity (Wildman–Crippen MR) is 89.5 cm³/mol. The monoisotopic (exact) mass is 327 g/mol. The average molecular weight is 328 g/mol. The first-order chi connectivity index (χ1) is 11.1. The van der Waals surface area contributed by atoms with Crippen molar-refractivity contribution in [2.75, 3.05) is 11.9 Å². The lowest BCUT2D eigenvalue weighted by Crippen LogP contribution is -2.17. The Kier molecular flexibility index (Phi) is 5.73. The van der Waals surface area contributed by atoms with Crippen LogP contribution in [0, 0.1) is 18.3 Å². The summed E-state index contributed by atoms with van der Waals surface area (Å²) in [5, 5.41) is 15.5. The Morgan fingerprint density at radius 1 is 1.39 bits per heavy atom. The summed E-state index contributed by atoms with van der Waals surface area (Å²) in [6.07, 6.45) is 1.56. The number of aryl methyl sites for hydroxylation is 1. The quantitative estimate of drug-likeness (QED) is 0.674. The Balaban J connectivity index is 1.85. The number of oxime groups is 1. The summed E-state index contributed by atoms with van der Waals surface area (Å²) in [5.41, 5.74) is 2.83. The minimum Gasteiger partial charge on any atom is -0.386 e. The van der Waals surface area contributed by atoms with Crippen molar-refractivity contribution in [3.05, 3.63) is 64.2 Å². The maximum atomic E-state index is 11.7. The van der Waals surface area contributed by atoms with E-state index in [0.29, 0.717) is 11.3 Å². The second-order valence-corrected chi connectivity index (χ2v) is 5.13. The van der Waals surface area contributed by atoms with Crippen LogP contribution in [0.5, 0.6) is 0 Å². The highest BCUT2D eigenvalue weighted by Gasteiger charge is 2.05. The number of carbonyl (C=O) groups is 1. The Morgan fingerprint density at radius 3 is 2.87 bits per heavy atom. The fourth-order valence-corrected chi connectivity index (χ4v) is 2.02. The van der Waals surface area contributed by atoms with Crippen LogP contribution < -0.4 is 5.32 Å². The average Bonchev–Trinajstić information content (AvgIpc) is 2.53. The molecule has 0 bridgehead atoms. The first kappa shape index (κ1) is 16.5. The van der Waals surface area contributed by atoms with E-state index in [1.807, 2.05) is 37.3 Å². The van der Waals surface area contributed by atoms with Gasteiger partial charge in [-0.15, -0.1) is 0 Å². The van der Waals surface area contributed by atoms with E-state index in [4.69, 9.17) is 21.7 Å². The van der Waals surface area contributed by atoms with Crippen molar-refractivity contribution >= 4 is 29.4 Å². The van der Waals surface area contributed by atoms with Crippen molar-refractivity contribution in [1.29, 1.82) is 5.26 Å². The highest BCUT2D eigenvalue weighted by molar-refractivity contribution is 6.32. The predicted octanol–water partition coefficient (Wildman–Crippen LogP) is 3.51. The van der Waals surface area contributed by atoms with E-state index in [2.05, 4.69) is 10.5 Å². The van der Waals surface area contributed by atoms with Crippen LogP contribution in [0.2, 0.25) is 5.02 Å². The molecule has 0 radical (unpaired) electrons. The molecule has 0 aliphatic rings. The largest absolute Gasteiger partial charge is 0.386 e. The summed E-state index contributed by atoms with van der Waals surface area (Å²) in [7, 11) is 0. The number of rotatable bonds is 5. The Hall–Kier alpha value is -2.84. The molecule has 0 saturated heterocycles. The zero-order chi connectivity index (χ0) is 16.7. The van der Waals surface area contributed by atoms with Crippen molar-refractivity contribution < 1.29 is 9.63 Å². The first-order valence-electron chi connectivity index (χ1n) is 6.80. The summed E-state index contributed by atoms with van der Waals surface area (Å²) in [6.45, 7) is 1.74. The van der Waals surface area contributed by atoms with E-state index in [9.17, 15) is 4.79 Å². The highest BCUT2D eigenvalue weighted by atomic mass is 35.5. The third-order valence-electron chi connectivity index (χ3n) is 3.02. The maximum absolute atomic E-state index is 11.7. The summed E-state index contributed by atoms with van der Waals surface area (Å²) >= 11 is 5.89. The number of amides is 1. The molecule has 0 unspecified atom stereocenters. The van der Waals surface area contributed by atoms with Crippen molar-refractivity contribution in [2.45, 2.75) is 6.92 Å². The van der Waals surface area contributed by atoms with Crippen LogP contribution in [-0.4, -0.2) is 18.7 Å². The van der Waals surface area contributed by atoms with Gasteiger partial charge in [0.15, 0.2) is 6.61 Å². The number of halogens is 1. The van der Waals surface area contributed by atoms with Gasteiger partial charge in [0.1, 0.15) is 6.07 Å². The van der Waals surface area contributed by atoms with E-state index < -0.39 is 0 Å². The van der Waals surface area contributed by atoms with Gasteiger partial charge in [-0.3, -0.25) is 4.79 Å². The van der Waals surface area contributed by atoms with Crippen molar-refractivity contribution in [2.24, 2.45) is 5.16 Å². The van der Waals surface area contributed by atoms with Gasteiger partial charge < -0.3 is 10.2 Å². The van der Waals surface area contributed by atoms with Gasteiger partial charge in [-0.05, 0) is 36.2 Å². The molecule has 0 saturated carbocycles. The van der Waals surface area contributed by atoms with Crippen LogP contribution in [-0.2, 0) is 9.63 Å². The fraction of sp³-hybridized carbons (Fsp3) is 0.118. The van der Waals surface area contributed by atoms with Gasteiger partial charge in [0.2, 0.25) is 0 Å². The number of nitrogens with one attached hydrogen (secondary N) is 1. The molecule has 1 amide bonds. The number of benzene rings is 2. The molecule has 0 aromatic heterocycles. The zero-order valence-corrected chi connectivity index (χ0v) is 13.2. The number of nitriles is 1. The Morgan fingerprint density at radius 2 is 2.17 bits per heavy atom. The van der Waals surface area contributed by atoms with Crippen LogP contribution in [0.3, 0.4) is 0 Å². The topological polar surface area (TPSA) is 74.5 Å².